The maximum absolute atomic E-state index is 14.4. The number of piperidine rings is 1. The van der Waals surface area contributed by atoms with E-state index < -0.39 is 11.7 Å². The van der Waals surface area contributed by atoms with Gasteiger partial charge in [-0.3, -0.25) is 9.69 Å². The van der Waals surface area contributed by atoms with Gasteiger partial charge in [-0.25, -0.2) is 8.78 Å². The Labute approximate surface area is 198 Å². The summed E-state index contributed by atoms with van der Waals surface area (Å²) < 4.78 is 38.8. The lowest BCUT2D eigenvalue weighted by atomic mass is 10.00. The molecule has 1 amide bonds. The average molecular weight is 467 g/mol. The number of ether oxygens (including phenoxy) is 2. The van der Waals surface area contributed by atoms with Crippen LogP contribution in [0.15, 0.2) is 66.7 Å². The first-order valence-corrected chi connectivity index (χ1v) is 11.3. The molecule has 0 atom stereocenters. The molecule has 5 nitrogen and oxygen atoms in total. The van der Waals surface area contributed by atoms with E-state index in [1.807, 2.05) is 18.2 Å². The highest BCUT2D eigenvalue weighted by atomic mass is 19.1. The number of amides is 1. The van der Waals surface area contributed by atoms with Crippen molar-refractivity contribution in [1.82, 2.24) is 4.90 Å². The van der Waals surface area contributed by atoms with Crippen LogP contribution in [-0.2, 0) is 6.54 Å². The summed E-state index contributed by atoms with van der Waals surface area (Å²) in [4.78, 5) is 17.3. The molecule has 178 valence electrons. The number of anilines is 1. The predicted octanol–water partition coefficient (Wildman–Crippen LogP) is 5.29. The first kappa shape index (κ1) is 23.7. The third-order valence-electron chi connectivity index (χ3n) is 6.24. The average Bonchev–Trinajstić information content (AvgIpc) is 2.86. The Morgan fingerprint density at radius 3 is 2.32 bits per heavy atom. The van der Waals surface area contributed by atoms with E-state index in [0.717, 1.165) is 30.2 Å². The molecule has 0 saturated carbocycles. The van der Waals surface area contributed by atoms with Crippen molar-refractivity contribution in [2.45, 2.75) is 25.4 Å². The Morgan fingerprint density at radius 1 is 0.971 bits per heavy atom. The van der Waals surface area contributed by atoms with Crippen LogP contribution in [0.3, 0.4) is 0 Å². The summed E-state index contributed by atoms with van der Waals surface area (Å²) >= 11 is 0. The molecule has 0 N–H and O–H groups in total. The monoisotopic (exact) mass is 466 g/mol. The first-order valence-electron chi connectivity index (χ1n) is 11.3. The van der Waals surface area contributed by atoms with Crippen LogP contribution in [0.4, 0.5) is 14.5 Å². The van der Waals surface area contributed by atoms with Gasteiger partial charge in [0.2, 0.25) is 0 Å². The largest absolute Gasteiger partial charge is 0.497 e. The number of nitrogens with zero attached hydrogens (tertiary/aromatic N) is 2. The molecule has 0 radical (unpaired) electrons. The molecule has 34 heavy (non-hydrogen) atoms. The molecule has 7 heteroatoms. The minimum atomic E-state index is -0.566. The normalized spacial score (nSPS) is 14.6. The van der Waals surface area contributed by atoms with Crippen LogP contribution in [0.5, 0.6) is 11.5 Å². The summed E-state index contributed by atoms with van der Waals surface area (Å²) in [5.74, 6) is 0.138. The van der Waals surface area contributed by atoms with Gasteiger partial charge < -0.3 is 14.4 Å². The van der Waals surface area contributed by atoms with Gasteiger partial charge in [0.25, 0.3) is 5.91 Å². The Balaban J connectivity index is 1.52. The van der Waals surface area contributed by atoms with E-state index in [2.05, 4.69) is 4.90 Å². The molecule has 4 rings (SSSR count). The lowest BCUT2D eigenvalue weighted by Crippen LogP contribution is -2.47. The van der Waals surface area contributed by atoms with Gasteiger partial charge in [0.15, 0.2) is 0 Å². The van der Waals surface area contributed by atoms with Crippen molar-refractivity contribution in [1.29, 1.82) is 0 Å². The summed E-state index contributed by atoms with van der Waals surface area (Å²) in [5, 5.41) is 0. The maximum Gasteiger partial charge on any atom is 0.261 e. The summed E-state index contributed by atoms with van der Waals surface area (Å²) in [6.07, 6.45) is 1.41. The van der Waals surface area contributed by atoms with Crippen molar-refractivity contribution < 1.29 is 23.0 Å². The number of hydrogen-bond acceptors (Lipinski definition) is 4. The van der Waals surface area contributed by atoms with Crippen molar-refractivity contribution in [3.05, 3.63) is 89.5 Å². The van der Waals surface area contributed by atoms with Gasteiger partial charge in [-0.1, -0.05) is 18.2 Å². The van der Waals surface area contributed by atoms with Gasteiger partial charge in [0, 0.05) is 43.0 Å². The van der Waals surface area contributed by atoms with E-state index in [1.54, 1.807) is 43.4 Å². The minimum Gasteiger partial charge on any atom is -0.497 e. The predicted molar refractivity (Wildman–Crippen MR) is 127 cm³/mol. The minimum absolute atomic E-state index is 0.0113. The van der Waals surface area contributed by atoms with Gasteiger partial charge in [0.05, 0.1) is 19.8 Å². The zero-order valence-corrected chi connectivity index (χ0v) is 19.3. The quantitative estimate of drug-likeness (QED) is 0.474. The molecule has 0 aromatic heterocycles. The molecule has 0 aliphatic carbocycles. The number of halogens is 2. The Bertz CT molecular complexity index is 1130. The number of benzene rings is 3. The van der Waals surface area contributed by atoms with Crippen LogP contribution in [0, 0.1) is 11.6 Å². The number of methoxy groups -OCH3 is 2. The molecule has 1 fully saturated rings. The summed E-state index contributed by atoms with van der Waals surface area (Å²) in [6.45, 7) is 2.21. The van der Waals surface area contributed by atoms with Crippen LogP contribution < -0.4 is 14.4 Å². The molecule has 3 aromatic carbocycles. The highest BCUT2D eigenvalue weighted by molar-refractivity contribution is 6.06. The Hall–Kier alpha value is -3.45. The summed E-state index contributed by atoms with van der Waals surface area (Å²) in [7, 11) is 3.26. The number of likely N-dealkylation sites (tertiary alicyclic amines) is 1. The van der Waals surface area contributed by atoms with Gasteiger partial charge in [-0.15, -0.1) is 0 Å². The molecule has 0 unspecified atom stereocenters. The standard InChI is InChI=1S/C27H28F2N2O3/c1-33-23-12-7-19(26(17-23)34-2)18-30-15-13-22(14-16-30)31(21-10-8-20(28)9-11-21)27(32)24-5-3-4-6-25(24)29/h3-12,17,22H,13-16,18H2,1-2H3. The maximum atomic E-state index is 14.4. The zero-order chi connectivity index (χ0) is 24.1. The summed E-state index contributed by atoms with van der Waals surface area (Å²) in [5.41, 5.74) is 1.63. The van der Waals surface area contributed by atoms with Crippen molar-refractivity contribution in [2.24, 2.45) is 0 Å². The second-order valence-electron chi connectivity index (χ2n) is 8.32. The summed E-state index contributed by atoms with van der Waals surface area (Å²) in [6, 6.07) is 17.4. The second-order valence-corrected chi connectivity index (χ2v) is 8.32. The lowest BCUT2D eigenvalue weighted by Gasteiger charge is -2.39. The van der Waals surface area contributed by atoms with E-state index in [1.165, 1.54) is 24.3 Å². The molecular formula is C27H28F2N2O3. The first-order chi connectivity index (χ1) is 16.5. The fraction of sp³-hybridized carbons (Fsp3) is 0.296. The molecule has 1 aliphatic heterocycles. The van der Waals surface area contributed by atoms with E-state index in [0.29, 0.717) is 25.1 Å². The molecule has 3 aromatic rings. The molecule has 1 aliphatic rings. The van der Waals surface area contributed by atoms with E-state index in [9.17, 15) is 13.6 Å². The lowest BCUT2D eigenvalue weighted by molar-refractivity contribution is 0.0954. The third kappa shape index (κ3) is 5.20. The van der Waals surface area contributed by atoms with Crippen LogP contribution in [-0.4, -0.2) is 44.2 Å². The fourth-order valence-electron chi connectivity index (χ4n) is 4.42. The smallest absolute Gasteiger partial charge is 0.261 e. The third-order valence-corrected chi connectivity index (χ3v) is 6.24. The van der Waals surface area contributed by atoms with E-state index >= 15 is 0 Å². The molecule has 0 spiro atoms. The van der Waals surface area contributed by atoms with Gasteiger partial charge >= 0.3 is 0 Å². The van der Waals surface area contributed by atoms with Crippen LogP contribution >= 0.6 is 0 Å². The van der Waals surface area contributed by atoms with Crippen molar-refractivity contribution in [2.75, 3.05) is 32.2 Å². The number of rotatable bonds is 7. The van der Waals surface area contributed by atoms with Crippen molar-refractivity contribution >= 4 is 11.6 Å². The highest BCUT2D eigenvalue weighted by Crippen LogP contribution is 2.30. The fourth-order valence-corrected chi connectivity index (χ4v) is 4.42. The van der Waals surface area contributed by atoms with Crippen molar-refractivity contribution in [3.8, 4) is 11.5 Å². The molecular weight excluding hydrogens is 438 g/mol. The van der Waals surface area contributed by atoms with E-state index in [4.69, 9.17) is 9.47 Å². The van der Waals surface area contributed by atoms with Gasteiger partial charge in [-0.05, 0) is 55.3 Å². The molecule has 1 heterocycles. The number of carbonyl (C=O) groups excluding carboxylic acids is 1. The Kier molecular flexibility index (Phi) is 7.43. The second kappa shape index (κ2) is 10.7. The molecule has 0 bridgehead atoms. The van der Waals surface area contributed by atoms with Crippen LogP contribution in [0.1, 0.15) is 28.8 Å². The van der Waals surface area contributed by atoms with Crippen molar-refractivity contribution in [3.63, 3.8) is 0 Å². The topological polar surface area (TPSA) is 42.0 Å². The zero-order valence-electron chi connectivity index (χ0n) is 19.3. The SMILES string of the molecule is COc1ccc(CN2CCC(N(C(=O)c3ccccc3F)c3ccc(F)cc3)CC2)c(OC)c1. The number of hydrogen-bond donors (Lipinski definition) is 0. The van der Waals surface area contributed by atoms with E-state index in [-0.39, 0.29) is 17.4 Å². The van der Waals surface area contributed by atoms with Gasteiger partial charge in [-0.2, -0.15) is 0 Å². The van der Waals surface area contributed by atoms with Gasteiger partial charge in [0.1, 0.15) is 23.1 Å². The number of carbonyl (C=O) groups is 1. The van der Waals surface area contributed by atoms with Crippen LogP contribution in [0.25, 0.3) is 0 Å². The van der Waals surface area contributed by atoms with Crippen LogP contribution in [0.2, 0.25) is 0 Å². The highest BCUT2D eigenvalue weighted by Gasteiger charge is 2.31. The molecule has 1 saturated heterocycles. The Morgan fingerprint density at radius 2 is 1.68 bits per heavy atom.